The third-order valence-corrected chi connectivity index (χ3v) is 3.62. The van der Waals surface area contributed by atoms with Gasteiger partial charge in [-0.25, -0.2) is 4.79 Å². The van der Waals surface area contributed by atoms with E-state index in [9.17, 15) is 19.5 Å². The zero-order valence-electron chi connectivity index (χ0n) is 12.9. The maximum absolute atomic E-state index is 12.4. The van der Waals surface area contributed by atoms with Crippen molar-refractivity contribution in [2.45, 2.75) is 13.5 Å². The summed E-state index contributed by atoms with van der Waals surface area (Å²) in [6.07, 6.45) is 0. The van der Waals surface area contributed by atoms with Gasteiger partial charge < -0.3 is 15.4 Å². The Morgan fingerprint density at radius 1 is 1.21 bits per heavy atom. The molecule has 0 aliphatic carbocycles. The first-order valence-corrected chi connectivity index (χ1v) is 7.27. The van der Waals surface area contributed by atoms with Crippen molar-refractivity contribution in [3.8, 4) is 5.75 Å². The Morgan fingerprint density at radius 3 is 2.75 bits per heavy atom. The number of fused-ring (bicyclic) bond motifs is 1. The number of aryl methyl sites for hydroxylation is 1. The topological polar surface area (TPSA) is 104 Å². The molecule has 7 nitrogen and oxygen atoms in total. The number of benzene rings is 2. The number of para-hydroxylation sites is 1. The zero-order valence-corrected chi connectivity index (χ0v) is 12.9. The van der Waals surface area contributed by atoms with E-state index in [1.807, 2.05) is 6.92 Å². The smallest absolute Gasteiger partial charge is 0.329 e. The number of nitrogens with one attached hydrogen (secondary N) is 2. The Morgan fingerprint density at radius 2 is 1.96 bits per heavy atom. The minimum Gasteiger partial charge on any atom is -0.506 e. The molecule has 0 aliphatic heterocycles. The van der Waals surface area contributed by atoms with Gasteiger partial charge in [-0.3, -0.25) is 14.2 Å². The van der Waals surface area contributed by atoms with Crippen LogP contribution in [0, 0.1) is 6.92 Å². The van der Waals surface area contributed by atoms with Gasteiger partial charge in [-0.15, -0.1) is 0 Å². The lowest BCUT2D eigenvalue weighted by Gasteiger charge is -2.09. The second kappa shape index (κ2) is 6.04. The number of phenolic OH excluding ortho intramolecular Hbond substituents is 1. The van der Waals surface area contributed by atoms with Crippen molar-refractivity contribution < 1.29 is 9.90 Å². The number of phenols is 1. The van der Waals surface area contributed by atoms with Crippen molar-refractivity contribution in [2.75, 3.05) is 5.32 Å². The minimum absolute atomic E-state index is 0.0892. The summed E-state index contributed by atoms with van der Waals surface area (Å²) < 4.78 is 0.824. The number of H-pyrrole nitrogens is 1. The van der Waals surface area contributed by atoms with Crippen LogP contribution in [-0.4, -0.2) is 20.6 Å². The number of aromatic amines is 1. The summed E-state index contributed by atoms with van der Waals surface area (Å²) in [6, 6.07) is 11.3. The fourth-order valence-corrected chi connectivity index (χ4v) is 2.43. The predicted octanol–water partition coefficient (Wildman–Crippen LogP) is 1.34. The lowest BCUT2D eigenvalue weighted by Crippen LogP contribution is -2.38. The maximum Gasteiger partial charge on any atom is 0.329 e. The third-order valence-electron chi connectivity index (χ3n) is 3.62. The van der Waals surface area contributed by atoms with Crippen LogP contribution >= 0.6 is 0 Å². The van der Waals surface area contributed by atoms with E-state index in [4.69, 9.17) is 0 Å². The predicted molar refractivity (Wildman–Crippen MR) is 90.3 cm³/mol. The minimum atomic E-state index is -0.665. The molecule has 1 aromatic heterocycles. The largest absolute Gasteiger partial charge is 0.506 e. The molecule has 0 atom stereocenters. The first kappa shape index (κ1) is 15.5. The second-order valence-corrected chi connectivity index (χ2v) is 5.44. The van der Waals surface area contributed by atoms with E-state index in [1.54, 1.807) is 36.4 Å². The van der Waals surface area contributed by atoms with Crippen LogP contribution in [0.4, 0.5) is 5.69 Å². The number of aromatic hydroxyl groups is 1. The van der Waals surface area contributed by atoms with Gasteiger partial charge in [0.1, 0.15) is 12.3 Å². The molecule has 0 saturated carbocycles. The summed E-state index contributed by atoms with van der Waals surface area (Å²) in [5, 5.41) is 12.6. The summed E-state index contributed by atoms with van der Waals surface area (Å²) in [7, 11) is 0. The highest BCUT2D eigenvalue weighted by atomic mass is 16.3. The quantitative estimate of drug-likeness (QED) is 0.632. The molecule has 3 aromatic rings. The van der Waals surface area contributed by atoms with Gasteiger partial charge in [0, 0.05) is 0 Å². The van der Waals surface area contributed by atoms with Crippen LogP contribution in [0.1, 0.15) is 5.56 Å². The molecule has 1 heterocycles. The summed E-state index contributed by atoms with van der Waals surface area (Å²) in [6.45, 7) is 1.36. The van der Waals surface area contributed by atoms with Crippen LogP contribution in [0.3, 0.4) is 0 Å². The van der Waals surface area contributed by atoms with Crippen molar-refractivity contribution in [1.29, 1.82) is 0 Å². The normalized spacial score (nSPS) is 10.7. The van der Waals surface area contributed by atoms with E-state index < -0.39 is 23.7 Å². The molecule has 0 fully saturated rings. The number of aromatic nitrogens is 2. The van der Waals surface area contributed by atoms with Crippen LogP contribution in [0.15, 0.2) is 52.1 Å². The first-order chi connectivity index (χ1) is 11.5. The lowest BCUT2D eigenvalue weighted by atomic mass is 10.2. The Bertz CT molecular complexity index is 1050. The Balaban J connectivity index is 1.92. The highest BCUT2D eigenvalue weighted by Crippen LogP contribution is 2.23. The Labute approximate surface area is 136 Å². The van der Waals surface area contributed by atoms with Gasteiger partial charge in [0.25, 0.3) is 5.56 Å². The van der Waals surface area contributed by atoms with Gasteiger partial charge in [-0.2, -0.15) is 0 Å². The number of rotatable bonds is 3. The Hall–Kier alpha value is -3.35. The van der Waals surface area contributed by atoms with Crippen LogP contribution in [-0.2, 0) is 11.3 Å². The molecular formula is C17H15N3O4. The lowest BCUT2D eigenvalue weighted by molar-refractivity contribution is -0.116. The number of hydrogen-bond acceptors (Lipinski definition) is 4. The van der Waals surface area contributed by atoms with E-state index in [0.717, 1.165) is 10.1 Å². The molecule has 0 saturated heterocycles. The monoisotopic (exact) mass is 325 g/mol. The summed E-state index contributed by atoms with van der Waals surface area (Å²) in [5.41, 5.74) is 0.287. The summed E-state index contributed by atoms with van der Waals surface area (Å²) >= 11 is 0. The van der Waals surface area contributed by atoms with Crippen LogP contribution in [0.25, 0.3) is 10.9 Å². The molecule has 3 rings (SSSR count). The highest BCUT2D eigenvalue weighted by Gasteiger charge is 2.12. The molecule has 24 heavy (non-hydrogen) atoms. The molecule has 1 amide bonds. The second-order valence-electron chi connectivity index (χ2n) is 5.44. The van der Waals surface area contributed by atoms with E-state index in [1.165, 1.54) is 6.07 Å². The molecule has 0 unspecified atom stereocenters. The zero-order chi connectivity index (χ0) is 17.3. The highest BCUT2D eigenvalue weighted by molar-refractivity contribution is 5.92. The van der Waals surface area contributed by atoms with Crippen LogP contribution in [0.2, 0.25) is 0 Å². The maximum atomic E-state index is 12.4. The fraction of sp³-hybridized carbons (Fsp3) is 0.118. The number of amides is 1. The van der Waals surface area contributed by atoms with E-state index >= 15 is 0 Å². The van der Waals surface area contributed by atoms with Gasteiger partial charge in [-0.05, 0) is 36.8 Å². The van der Waals surface area contributed by atoms with Gasteiger partial charge in [0.15, 0.2) is 0 Å². The van der Waals surface area contributed by atoms with Crippen molar-refractivity contribution >= 4 is 22.5 Å². The molecule has 2 aromatic carbocycles. The van der Waals surface area contributed by atoms with Gasteiger partial charge in [-0.1, -0.05) is 18.2 Å². The molecule has 122 valence electrons. The van der Waals surface area contributed by atoms with E-state index in [2.05, 4.69) is 10.3 Å². The summed E-state index contributed by atoms with van der Waals surface area (Å²) in [5.74, 6) is -0.674. The van der Waals surface area contributed by atoms with Gasteiger partial charge in [0.05, 0.1) is 16.6 Å². The SMILES string of the molecule is Cc1ccc(O)c(NC(=O)Cn2c(=O)[nH]c3ccccc3c2=O)c1. The number of nitrogens with zero attached hydrogens (tertiary/aromatic N) is 1. The number of hydrogen-bond donors (Lipinski definition) is 3. The van der Waals surface area contributed by atoms with Crippen molar-refractivity contribution in [1.82, 2.24) is 9.55 Å². The molecule has 0 bridgehead atoms. The number of carbonyl (C=O) groups excluding carboxylic acids is 1. The average molecular weight is 325 g/mol. The Kier molecular flexibility index (Phi) is 3.91. The molecule has 0 radical (unpaired) electrons. The molecule has 3 N–H and O–H groups in total. The molecule has 0 spiro atoms. The first-order valence-electron chi connectivity index (χ1n) is 7.27. The molecular weight excluding hydrogens is 310 g/mol. The van der Waals surface area contributed by atoms with Crippen molar-refractivity contribution in [3.05, 3.63) is 68.9 Å². The van der Waals surface area contributed by atoms with Crippen LogP contribution < -0.4 is 16.6 Å². The average Bonchev–Trinajstić information content (AvgIpc) is 2.55. The standard InChI is InChI=1S/C17H15N3O4/c1-10-6-7-14(21)13(8-10)18-15(22)9-20-16(23)11-4-2-3-5-12(11)19-17(20)24/h2-8,21H,9H2,1H3,(H,18,22)(H,19,24). The molecule has 0 aliphatic rings. The third kappa shape index (κ3) is 2.91. The van der Waals surface area contributed by atoms with Gasteiger partial charge >= 0.3 is 5.69 Å². The number of carbonyl (C=O) groups is 1. The number of anilines is 1. The summed E-state index contributed by atoms with van der Waals surface area (Å²) in [4.78, 5) is 39.1. The van der Waals surface area contributed by atoms with Crippen molar-refractivity contribution in [2.24, 2.45) is 0 Å². The van der Waals surface area contributed by atoms with Gasteiger partial charge in [0.2, 0.25) is 5.91 Å². The fourth-order valence-electron chi connectivity index (χ4n) is 2.43. The van der Waals surface area contributed by atoms with E-state index in [0.29, 0.717) is 10.9 Å². The molecule has 7 heteroatoms. The van der Waals surface area contributed by atoms with E-state index in [-0.39, 0.29) is 11.4 Å². The van der Waals surface area contributed by atoms with Crippen molar-refractivity contribution in [3.63, 3.8) is 0 Å². The van der Waals surface area contributed by atoms with Crippen LogP contribution in [0.5, 0.6) is 5.75 Å².